The van der Waals surface area contributed by atoms with Crippen LogP contribution in [0.5, 0.6) is 0 Å². The van der Waals surface area contributed by atoms with Gasteiger partial charge in [0, 0.05) is 17.7 Å². The normalized spacial score (nSPS) is 12.9. The molecule has 2 N–H and O–H groups in total. The number of hydrogen-bond donors (Lipinski definition) is 2. The molecule has 4 nitrogen and oxygen atoms in total. The smallest absolute Gasteiger partial charge is 0.244 e. The lowest BCUT2D eigenvalue weighted by Gasteiger charge is -2.17. The summed E-state index contributed by atoms with van der Waals surface area (Å²) in [6.07, 6.45) is 5.78. The van der Waals surface area contributed by atoms with Crippen LogP contribution in [0.2, 0.25) is 0 Å². The second-order valence-corrected chi connectivity index (χ2v) is 5.77. The van der Waals surface area contributed by atoms with Crippen LogP contribution in [0, 0.1) is 5.92 Å². The Hall–Kier alpha value is -2.20. The summed E-state index contributed by atoms with van der Waals surface area (Å²) in [5.41, 5.74) is 1.85. The topological polar surface area (TPSA) is 62.2 Å². The van der Waals surface area contributed by atoms with Gasteiger partial charge in [-0.1, -0.05) is 32.0 Å². The van der Waals surface area contributed by atoms with E-state index in [2.05, 4.69) is 24.1 Å². The molecule has 1 heterocycles. The number of rotatable bonds is 6. The Morgan fingerprint density at radius 2 is 2.09 bits per heavy atom. The Balaban J connectivity index is 2.08. The zero-order valence-electron chi connectivity index (χ0n) is 13.0. The van der Waals surface area contributed by atoms with Gasteiger partial charge in [0.15, 0.2) is 0 Å². The molecule has 0 aliphatic heterocycles. The fourth-order valence-electron chi connectivity index (χ4n) is 2.43. The van der Waals surface area contributed by atoms with Crippen LogP contribution in [-0.4, -0.2) is 28.6 Å². The molecule has 0 spiro atoms. The summed E-state index contributed by atoms with van der Waals surface area (Å²) in [6, 6.07) is 9.49. The predicted octanol–water partition coefficient (Wildman–Crippen LogP) is 2.77. The number of hydrogen-bond acceptors (Lipinski definition) is 3. The summed E-state index contributed by atoms with van der Waals surface area (Å²) in [6.45, 7) is 4.08. The summed E-state index contributed by atoms with van der Waals surface area (Å²) in [4.78, 5) is 16.3. The molecule has 1 aromatic heterocycles. The maximum atomic E-state index is 12.0. The van der Waals surface area contributed by atoms with Gasteiger partial charge in [0.1, 0.15) is 0 Å². The minimum Gasteiger partial charge on any atom is -0.394 e. The molecule has 116 valence electrons. The molecule has 0 saturated carbocycles. The first-order valence-corrected chi connectivity index (χ1v) is 7.53. The van der Waals surface area contributed by atoms with Crippen molar-refractivity contribution in [2.75, 3.05) is 6.61 Å². The molecule has 0 fully saturated rings. The highest BCUT2D eigenvalue weighted by atomic mass is 16.3. The van der Waals surface area contributed by atoms with E-state index in [1.807, 2.05) is 30.3 Å². The largest absolute Gasteiger partial charge is 0.394 e. The van der Waals surface area contributed by atoms with Gasteiger partial charge in [0.2, 0.25) is 5.91 Å². The summed E-state index contributed by atoms with van der Waals surface area (Å²) in [5, 5.41) is 13.1. The molecule has 0 aliphatic carbocycles. The van der Waals surface area contributed by atoms with E-state index in [0.717, 1.165) is 22.9 Å². The lowest BCUT2D eigenvalue weighted by molar-refractivity contribution is -0.117. The Bertz CT molecular complexity index is 660. The number of nitrogens with zero attached hydrogens (tertiary/aromatic N) is 1. The van der Waals surface area contributed by atoms with Crippen molar-refractivity contribution >= 4 is 22.9 Å². The number of pyridine rings is 1. The van der Waals surface area contributed by atoms with Gasteiger partial charge in [0.25, 0.3) is 0 Å². The highest BCUT2D eigenvalue weighted by molar-refractivity contribution is 5.95. The Labute approximate surface area is 130 Å². The van der Waals surface area contributed by atoms with Crippen molar-refractivity contribution < 1.29 is 9.90 Å². The van der Waals surface area contributed by atoms with Gasteiger partial charge < -0.3 is 10.4 Å². The van der Waals surface area contributed by atoms with Crippen molar-refractivity contribution in [2.45, 2.75) is 26.3 Å². The second-order valence-electron chi connectivity index (χ2n) is 5.77. The van der Waals surface area contributed by atoms with Crippen LogP contribution in [-0.2, 0) is 4.79 Å². The molecule has 22 heavy (non-hydrogen) atoms. The molecule has 1 unspecified atom stereocenters. The fraction of sp³-hybridized carbons (Fsp3) is 0.333. The lowest BCUT2D eigenvalue weighted by Crippen LogP contribution is -2.37. The van der Waals surface area contributed by atoms with Crippen LogP contribution >= 0.6 is 0 Å². The minimum atomic E-state index is -0.202. The van der Waals surface area contributed by atoms with Crippen molar-refractivity contribution in [1.29, 1.82) is 0 Å². The van der Waals surface area contributed by atoms with E-state index in [9.17, 15) is 9.90 Å². The van der Waals surface area contributed by atoms with Crippen molar-refractivity contribution in [3.63, 3.8) is 0 Å². The van der Waals surface area contributed by atoms with Crippen LogP contribution in [0.3, 0.4) is 0 Å². The fourth-order valence-corrected chi connectivity index (χ4v) is 2.43. The van der Waals surface area contributed by atoms with Gasteiger partial charge in [-0.3, -0.25) is 9.78 Å². The van der Waals surface area contributed by atoms with E-state index >= 15 is 0 Å². The Morgan fingerprint density at radius 1 is 1.32 bits per heavy atom. The number of carbonyl (C=O) groups is 1. The summed E-state index contributed by atoms with van der Waals surface area (Å²) >= 11 is 0. The summed E-state index contributed by atoms with van der Waals surface area (Å²) < 4.78 is 0. The van der Waals surface area contributed by atoms with E-state index in [1.165, 1.54) is 6.08 Å². The van der Waals surface area contributed by atoms with E-state index < -0.39 is 0 Å². The quantitative estimate of drug-likeness (QED) is 0.806. The van der Waals surface area contributed by atoms with Gasteiger partial charge >= 0.3 is 0 Å². The van der Waals surface area contributed by atoms with E-state index in [4.69, 9.17) is 0 Å². The number of aliphatic hydroxyl groups excluding tert-OH is 1. The molecule has 2 rings (SSSR count). The highest BCUT2D eigenvalue weighted by Gasteiger charge is 2.11. The molecule has 0 aliphatic rings. The third-order valence-corrected chi connectivity index (χ3v) is 3.42. The number of fused-ring (bicyclic) bond motifs is 1. The number of amides is 1. The zero-order chi connectivity index (χ0) is 15.9. The van der Waals surface area contributed by atoms with Crippen molar-refractivity contribution in [2.24, 2.45) is 5.92 Å². The standard InChI is InChI=1S/C18H22N2O2/c1-13(2)11-15(12-21)20-18(22)8-7-14-9-10-19-17-6-4-3-5-16(14)17/h3-10,13,15,21H,11-12H2,1-2H3,(H,20,22)/b8-7+. The minimum absolute atomic E-state index is 0.0457. The molecule has 0 saturated heterocycles. The van der Waals surface area contributed by atoms with Gasteiger partial charge in [-0.15, -0.1) is 0 Å². The van der Waals surface area contributed by atoms with Gasteiger partial charge in [-0.05, 0) is 36.1 Å². The Kier molecular flexibility index (Phi) is 5.67. The SMILES string of the molecule is CC(C)CC(CO)NC(=O)/C=C/c1ccnc2ccccc12. The molecule has 1 amide bonds. The van der Waals surface area contributed by atoms with Gasteiger partial charge in [-0.25, -0.2) is 0 Å². The number of aromatic nitrogens is 1. The molecule has 0 radical (unpaired) electrons. The molecule has 2 aromatic rings. The Morgan fingerprint density at radius 3 is 2.82 bits per heavy atom. The van der Waals surface area contributed by atoms with E-state index in [-0.39, 0.29) is 18.6 Å². The van der Waals surface area contributed by atoms with Gasteiger partial charge in [0.05, 0.1) is 18.2 Å². The second kappa shape index (κ2) is 7.71. The van der Waals surface area contributed by atoms with E-state index in [1.54, 1.807) is 12.3 Å². The summed E-state index contributed by atoms with van der Waals surface area (Å²) in [5.74, 6) is 0.228. The molecule has 1 aromatic carbocycles. The van der Waals surface area contributed by atoms with Crippen molar-refractivity contribution in [1.82, 2.24) is 10.3 Å². The molecule has 4 heteroatoms. The molecular formula is C18H22N2O2. The summed E-state index contributed by atoms with van der Waals surface area (Å²) in [7, 11) is 0. The lowest BCUT2D eigenvalue weighted by atomic mass is 10.0. The first-order valence-electron chi connectivity index (χ1n) is 7.53. The van der Waals surface area contributed by atoms with Crippen LogP contribution in [0.25, 0.3) is 17.0 Å². The van der Waals surface area contributed by atoms with Crippen LogP contribution in [0.4, 0.5) is 0 Å². The monoisotopic (exact) mass is 298 g/mol. The van der Waals surface area contributed by atoms with Crippen molar-refractivity contribution in [3.05, 3.63) is 48.2 Å². The average molecular weight is 298 g/mol. The number of aliphatic hydroxyl groups is 1. The molecule has 0 bridgehead atoms. The highest BCUT2D eigenvalue weighted by Crippen LogP contribution is 2.17. The zero-order valence-corrected chi connectivity index (χ0v) is 13.0. The third-order valence-electron chi connectivity index (χ3n) is 3.42. The van der Waals surface area contributed by atoms with E-state index in [0.29, 0.717) is 5.92 Å². The maximum absolute atomic E-state index is 12.0. The van der Waals surface area contributed by atoms with Gasteiger partial charge in [-0.2, -0.15) is 0 Å². The number of carbonyl (C=O) groups excluding carboxylic acids is 1. The van der Waals surface area contributed by atoms with Crippen LogP contribution < -0.4 is 5.32 Å². The predicted molar refractivity (Wildman–Crippen MR) is 89.2 cm³/mol. The average Bonchev–Trinajstić information content (AvgIpc) is 2.51. The van der Waals surface area contributed by atoms with Crippen molar-refractivity contribution in [3.8, 4) is 0 Å². The number of benzene rings is 1. The number of nitrogens with one attached hydrogen (secondary N) is 1. The molecule has 1 atom stereocenters. The first kappa shape index (κ1) is 16.2. The number of para-hydroxylation sites is 1. The first-order chi connectivity index (χ1) is 10.6. The maximum Gasteiger partial charge on any atom is 0.244 e. The van der Waals surface area contributed by atoms with Crippen LogP contribution in [0.1, 0.15) is 25.8 Å². The van der Waals surface area contributed by atoms with Crippen LogP contribution in [0.15, 0.2) is 42.6 Å². The molecular weight excluding hydrogens is 276 g/mol. The third kappa shape index (κ3) is 4.40.